The van der Waals surface area contributed by atoms with E-state index in [1.807, 2.05) is 12.4 Å². The largest absolute Gasteiger partial charge is 0.307 e. The van der Waals surface area contributed by atoms with Gasteiger partial charge in [-0.3, -0.25) is 0 Å². The summed E-state index contributed by atoms with van der Waals surface area (Å²) in [5, 5.41) is 3.68. The van der Waals surface area contributed by atoms with Crippen molar-refractivity contribution in [3.05, 3.63) is 30.4 Å². The fourth-order valence-corrected chi connectivity index (χ4v) is 2.64. The van der Waals surface area contributed by atoms with Gasteiger partial charge in [-0.05, 0) is 31.3 Å². The number of nitrogens with one attached hydrogen (secondary N) is 1. The summed E-state index contributed by atoms with van der Waals surface area (Å²) in [5.41, 5.74) is 2.58. The molecule has 3 rings (SSSR count). The van der Waals surface area contributed by atoms with Crippen LogP contribution in [0.15, 0.2) is 24.8 Å². The summed E-state index contributed by atoms with van der Waals surface area (Å²) < 4.78 is 0. The molecule has 3 heterocycles. The average molecular weight is 201 g/mol. The van der Waals surface area contributed by atoms with Crippen molar-refractivity contribution in [2.75, 3.05) is 0 Å². The summed E-state index contributed by atoms with van der Waals surface area (Å²) in [6.07, 6.45) is 12.8. The minimum Gasteiger partial charge on any atom is -0.307 e. The van der Waals surface area contributed by atoms with Gasteiger partial charge in [0.2, 0.25) is 0 Å². The van der Waals surface area contributed by atoms with E-state index in [1.165, 1.54) is 36.8 Å². The molecule has 0 aromatic carbocycles. The topological polar surface area (TPSA) is 37.8 Å². The van der Waals surface area contributed by atoms with E-state index in [-0.39, 0.29) is 0 Å². The van der Waals surface area contributed by atoms with Crippen molar-refractivity contribution in [2.45, 2.75) is 37.8 Å². The molecule has 3 heteroatoms. The monoisotopic (exact) mass is 201 g/mol. The van der Waals surface area contributed by atoms with E-state index >= 15 is 0 Å². The number of rotatable bonds is 1. The molecule has 0 aliphatic carbocycles. The van der Waals surface area contributed by atoms with Crippen LogP contribution in [0.4, 0.5) is 0 Å². The van der Waals surface area contributed by atoms with Crippen molar-refractivity contribution < 1.29 is 0 Å². The van der Waals surface area contributed by atoms with Crippen LogP contribution in [0, 0.1) is 0 Å². The number of hydrogen-bond donors (Lipinski definition) is 1. The van der Waals surface area contributed by atoms with Crippen molar-refractivity contribution in [3.63, 3.8) is 0 Å². The predicted octanol–water partition coefficient (Wildman–Crippen LogP) is 1.77. The Labute approximate surface area is 89.6 Å². The molecule has 2 aliphatic rings. The first-order chi connectivity index (χ1) is 7.43. The van der Waals surface area contributed by atoms with Crippen LogP contribution in [-0.2, 0) is 0 Å². The van der Waals surface area contributed by atoms with Gasteiger partial charge in [0.05, 0.1) is 0 Å². The van der Waals surface area contributed by atoms with Crippen molar-refractivity contribution >= 4 is 5.57 Å². The standard InChI is InChI=1S/C12H15N3/c1-2-10-4-5-12(15-10)11(3-1)9-6-13-8-14-7-9/h3,6-8,10,12,15H,1-2,4-5H2/t10-,12?/m0/s1. The molecule has 2 atom stereocenters. The minimum atomic E-state index is 0.531. The number of nitrogens with zero attached hydrogens (tertiary/aromatic N) is 2. The van der Waals surface area contributed by atoms with Gasteiger partial charge >= 0.3 is 0 Å². The summed E-state index contributed by atoms with van der Waals surface area (Å²) in [6.45, 7) is 0. The van der Waals surface area contributed by atoms with E-state index in [1.54, 1.807) is 6.33 Å². The van der Waals surface area contributed by atoms with Crippen molar-refractivity contribution in [3.8, 4) is 0 Å². The van der Waals surface area contributed by atoms with Gasteiger partial charge in [-0.2, -0.15) is 0 Å². The Morgan fingerprint density at radius 1 is 1.13 bits per heavy atom. The Hall–Kier alpha value is -1.22. The second-order valence-corrected chi connectivity index (χ2v) is 4.36. The van der Waals surface area contributed by atoms with Crippen LogP contribution in [0.3, 0.4) is 0 Å². The lowest BCUT2D eigenvalue weighted by molar-refractivity contribution is 0.559. The second-order valence-electron chi connectivity index (χ2n) is 4.36. The molecule has 0 amide bonds. The first-order valence-electron chi connectivity index (χ1n) is 5.65. The molecule has 0 radical (unpaired) electrons. The van der Waals surface area contributed by atoms with Gasteiger partial charge in [-0.25, -0.2) is 9.97 Å². The molecule has 1 saturated heterocycles. The zero-order valence-corrected chi connectivity index (χ0v) is 8.69. The second kappa shape index (κ2) is 3.74. The maximum atomic E-state index is 4.09. The number of allylic oxidation sites excluding steroid dienone is 1. The zero-order valence-electron chi connectivity index (χ0n) is 8.69. The highest BCUT2D eigenvalue weighted by atomic mass is 15.0. The van der Waals surface area contributed by atoms with Crippen LogP contribution in [0.5, 0.6) is 0 Å². The first kappa shape index (κ1) is 9.04. The van der Waals surface area contributed by atoms with E-state index in [2.05, 4.69) is 21.4 Å². The molecular weight excluding hydrogens is 186 g/mol. The third-order valence-corrected chi connectivity index (χ3v) is 3.39. The normalized spacial score (nSPS) is 29.7. The smallest absolute Gasteiger partial charge is 0.115 e. The number of hydrogen-bond acceptors (Lipinski definition) is 3. The lowest BCUT2D eigenvalue weighted by Gasteiger charge is -2.14. The van der Waals surface area contributed by atoms with Crippen molar-refractivity contribution in [1.29, 1.82) is 0 Å². The maximum absolute atomic E-state index is 4.09. The van der Waals surface area contributed by atoms with Gasteiger partial charge in [-0.1, -0.05) is 6.08 Å². The predicted molar refractivity (Wildman–Crippen MR) is 59.2 cm³/mol. The van der Waals surface area contributed by atoms with E-state index in [4.69, 9.17) is 0 Å². The molecule has 0 spiro atoms. The van der Waals surface area contributed by atoms with Crippen molar-refractivity contribution in [1.82, 2.24) is 15.3 Å². The highest BCUT2D eigenvalue weighted by Gasteiger charge is 2.28. The third-order valence-electron chi connectivity index (χ3n) is 3.39. The summed E-state index contributed by atoms with van der Waals surface area (Å²) in [6, 6.07) is 1.26. The molecule has 1 fully saturated rings. The molecule has 2 aliphatic heterocycles. The molecule has 3 nitrogen and oxygen atoms in total. The molecule has 1 N–H and O–H groups in total. The lowest BCUT2D eigenvalue weighted by Crippen LogP contribution is -2.28. The minimum absolute atomic E-state index is 0.531. The van der Waals surface area contributed by atoms with E-state index < -0.39 is 0 Å². The molecule has 78 valence electrons. The first-order valence-corrected chi connectivity index (χ1v) is 5.65. The van der Waals surface area contributed by atoms with E-state index in [0.717, 1.165) is 6.04 Å². The molecule has 1 aromatic heterocycles. The van der Waals surface area contributed by atoms with Gasteiger partial charge in [0, 0.05) is 30.0 Å². The fraction of sp³-hybridized carbons (Fsp3) is 0.500. The molecule has 1 aromatic rings. The van der Waals surface area contributed by atoms with Gasteiger partial charge < -0.3 is 5.32 Å². The molecule has 1 unspecified atom stereocenters. The SMILES string of the molecule is C1=C(c2cncnc2)C2CC[C@H](CC1)N2. The van der Waals surface area contributed by atoms with Gasteiger partial charge in [0.25, 0.3) is 0 Å². The highest BCUT2D eigenvalue weighted by Crippen LogP contribution is 2.31. The Balaban J connectivity index is 1.94. The molecule has 15 heavy (non-hydrogen) atoms. The van der Waals surface area contributed by atoms with Crippen LogP contribution in [0.1, 0.15) is 31.2 Å². The summed E-state index contributed by atoms with van der Waals surface area (Å²) in [5.74, 6) is 0. The molecular formula is C12H15N3. The third kappa shape index (κ3) is 1.67. The Morgan fingerprint density at radius 3 is 2.87 bits per heavy atom. The average Bonchev–Trinajstić information content (AvgIpc) is 2.61. The molecule has 2 bridgehead atoms. The Morgan fingerprint density at radius 2 is 2.00 bits per heavy atom. The number of aromatic nitrogens is 2. The molecule has 0 saturated carbocycles. The van der Waals surface area contributed by atoms with Gasteiger partial charge in [-0.15, -0.1) is 0 Å². The van der Waals surface area contributed by atoms with Gasteiger partial charge in [0.15, 0.2) is 0 Å². The quantitative estimate of drug-likeness (QED) is 0.752. The van der Waals surface area contributed by atoms with Crippen molar-refractivity contribution in [2.24, 2.45) is 0 Å². The summed E-state index contributed by atoms with van der Waals surface area (Å²) in [7, 11) is 0. The van der Waals surface area contributed by atoms with Crippen LogP contribution in [0.2, 0.25) is 0 Å². The van der Waals surface area contributed by atoms with Gasteiger partial charge in [0.1, 0.15) is 6.33 Å². The Bertz CT molecular complexity index is 372. The summed E-state index contributed by atoms with van der Waals surface area (Å²) >= 11 is 0. The van der Waals surface area contributed by atoms with Crippen LogP contribution >= 0.6 is 0 Å². The van der Waals surface area contributed by atoms with E-state index in [0.29, 0.717) is 6.04 Å². The number of fused-ring (bicyclic) bond motifs is 2. The lowest BCUT2D eigenvalue weighted by atomic mass is 9.96. The Kier molecular flexibility index (Phi) is 2.25. The maximum Gasteiger partial charge on any atom is 0.115 e. The highest BCUT2D eigenvalue weighted by molar-refractivity contribution is 5.69. The summed E-state index contributed by atoms with van der Waals surface area (Å²) in [4.78, 5) is 8.19. The van der Waals surface area contributed by atoms with Crippen LogP contribution in [-0.4, -0.2) is 22.1 Å². The van der Waals surface area contributed by atoms with E-state index in [9.17, 15) is 0 Å². The fourth-order valence-electron chi connectivity index (χ4n) is 2.64. The van der Waals surface area contributed by atoms with Crippen LogP contribution < -0.4 is 5.32 Å². The zero-order chi connectivity index (χ0) is 10.1. The van der Waals surface area contributed by atoms with Crippen LogP contribution in [0.25, 0.3) is 5.57 Å².